The average Bonchev–Trinajstić information content (AvgIpc) is 2.95. The van der Waals surface area contributed by atoms with Gasteiger partial charge >= 0.3 is 0 Å². The molecule has 2 bridgehead atoms. The molecule has 1 heterocycles. The average molecular weight is 278 g/mol. The van der Waals surface area contributed by atoms with Crippen LogP contribution in [0.1, 0.15) is 50.7 Å². The highest BCUT2D eigenvalue weighted by molar-refractivity contribution is 7.09. The molecule has 3 heteroatoms. The van der Waals surface area contributed by atoms with E-state index in [1.807, 2.05) is 0 Å². The maximum absolute atomic E-state index is 4.55. The van der Waals surface area contributed by atoms with E-state index in [0.717, 1.165) is 24.6 Å². The monoisotopic (exact) mass is 278 g/mol. The summed E-state index contributed by atoms with van der Waals surface area (Å²) < 4.78 is 0. The fraction of sp³-hybridized carbons (Fsp3) is 0.812. The van der Waals surface area contributed by atoms with Crippen molar-refractivity contribution in [3.63, 3.8) is 0 Å². The lowest BCUT2D eigenvalue weighted by Crippen LogP contribution is -2.50. The van der Waals surface area contributed by atoms with Crippen LogP contribution in [0.3, 0.4) is 0 Å². The van der Waals surface area contributed by atoms with Crippen molar-refractivity contribution in [1.82, 2.24) is 10.3 Å². The summed E-state index contributed by atoms with van der Waals surface area (Å²) in [6.07, 6.45) is 5.35. The molecule has 1 aromatic rings. The lowest BCUT2D eigenvalue weighted by molar-refractivity contribution is 0.110. The maximum Gasteiger partial charge on any atom is 0.0940 e. The molecule has 1 unspecified atom stereocenters. The molecule has 19 heavy (non-hydrogen) atoms. The first-order chi connectivity index (χ1) is 8.92. The van der Waals surface area contributed by atoms with Crippen molar-refractivity contribution < 1.29 is 0 Å². The highest BCUT2D eigenvalue weighted by Gasteiger charge is 2.58. The van der Waals surface area contributed by atoms with Crippen molar-refractivity contribution >= 4 is 11.3 Å². The Labute approximate surface area is 121 Å². The molecule has 0 amide bonds. The first-order valence-electron chi connectivity index (χ1n) is 7.56. The fourth-order valence-electron chi connectivity index (χ4n) is 4.65. The molecule has 106 valence electrons. The van der Waals surface area contributed by atoms with E-state index in [1.54, 1.807) is 11.3 Å². The highest BCUT2D eigenvalue weighted by atomic mass is 32.1. The van der Waals surface area contributed by atoms with Crippen LogP contribution < -0.4 is 5.32 Å². The molecule has 2 nitrogen and oxygen atoms in total. The lowest BCUT2D eigenvalue weighted by atomic mass is 9.68. The first kappa shape index (κ1) is 13.6. The van der Waals surface area contributed by atoms with Crippen molar-refractivity contribution in [1.29, 1.82) is 0 Å². The van der Waals surface area contributed by atoms with Crippen molar-refractivity contribution in [2.24, 2.45) is 16.7 Å². The number of nitrogens with zero attached hydrogens (tertiary/aromatic N) is 1. The van der Waals surface area contributed by atoms with Gasteiger partial charge in [0, 0.05) is 30.1 Å². The van der Waals surface area contributed by atoms with Crippen molar-refractivity contribution in [3.05, 3.63) is 16.1 Å². The molecular weight excluding hydrogens is 252 g/mol. The number of aryl methyl sites for hydroxylation is 1. The fourth-order valence-corrected chi connectivity index (χ4v) is 5.43. The zero-order valence-corrected chi connectivity index (χ0v) is 13.4. The van der Waals surface area contributed by atoms with Gasteiger partial charge < -0.3 is 5.32 Å². The van der Waals surface area contributed by atoms with Crippen LogP contribution in [0.4, 0.5) is 0 Å². The van der Waals surface area contributed by atoms with E-state index >= 15 is 0 Å². The van der Waals surface area contributed by atoms with E-state index in [0.29, 0.717) is 16.9 Å². The Morgan fingerprint density at radius 2 is 2.21 bits per heavy atom. The van der Waals surface area contributed by atoms with Crippen LogP contribution in [0.2, 0.25) is 0 Å². The van der Waals surface area contributed by atoms with Gasteiger partial charge in [-0.05, 0) is 42.9 Å². The predicted molar refractivity (Wildman–Crippen MR) is 81.6 cm³/mol. The summed E-state index contributed by atoms with van der Waals surface area (Å²) in [5, 5.41) is 7.29. The number of hydrogen-bond acceptors (Lipinski definition) is 3. The second kappa shape index (κ2) is 4.56. The Hall–Kier alpha value is -0.410. The number of rotatable bonds is 4. The molecule has 0 aromatic carbocycles. The molecule has 2 saturated carbocycles. The standard InChI is InChI=1S/C16H26N2S/c1-11-10-19-13(18-11)6-8-17-14-15(2,3)12-5-7-16(14,4)9-12/h10,12,14,17H,5-9H2,1-4H3/t12-,14?,16+/m0/s1. The third-order valence-corrected chi connectivity index (χ3v) is 6.65. The summed E-state index contributed by atoms with van der Waals surface area (Å²) in [4.78, 5) is 4.55. The van der Waals surface area contributed by atoms with Gasteiger partial charge in [-0.3, -0.25) is 0 Å². The largest absolute Gasteiger partial charge is 0.312 e. The summed E-state index contributed by atoms with van der Waals surface area (Å²) in [7, 11) is 0. The predicted octanol–water partition coefficient (Wildman–Crippen LogP) is 3.80. The number of aromatic nitrogens is 1. The molecule has 1 aromatic heterocycles. The topological polar surface area (TPSA) is 24.9 Å². The van der Waals surface area contributed by atoms with Crippen LogP contribution in [-0.4, -0.2) is 17.6 Å². The summed E-state index contributed by atoms with van der Waals surface area (Å²) >= 11 is 1.80. The van der Waals surface area contributed by atoms with Crippen LogP contribution in [-0.2, 0) is 6.42 Å². The summed E-state index contributed by atoms with van der Waals surface area (Å²) in [5.41, 5.74) is 2.16. The van der Waals surface area contributed by atoms with Gasteiger partial charge in [-0.15, -0.1) is 11.3 Å². The molecular formula is C16H26N2S. The summed E-state index contributed by atoms with van der Waals surface area (Å²) in [6.45, 7) is 10.6. The van der Waals surface area contributed by atoms with E-state index in [1.165, 1.54) is 24.3 Å². The zero-order valence-electron chi connectivity index (χ0n) is 12.6. The van der Waals surface area contributed by atoms with Gasteiger partial charge in [0.15, 0.2) is 0 Å². The van der Waals surface area contributed by atoms with Crippen LogP contribution in [0, 0.1) is 23.7 Å². The van der Waals surface area contributed by atoms with Crippen molar-refractivity contribution in [3.8, 4) is 0 Å². The second-order valence-electron chi connectivity index (χ2n) is 7.43. The Morgan fingerprint density at radius 1 is 1.42 bits per heavy atom. The molecule has 3 atom stereocenters. The molecule has 0 aliphatic heterocycles. The molecule has 1 N–H and O–H groups in total. The first-order valence-corrected chi connectivity index (χ1v) is 8.44. The van der Waals surface area contributed by atoms with Gasteiger partial charge in [0.25, 0.3) is 0 Å². The Morgan fingerprint density at radius 3 is 2.79 bits per heavy atom. The SMILES string of the molecule is Cc1csc(CCNC2C(C)(C)[C@H]3CC[C@]2(C)C3)n1. The van der Waals surface area contributed by atoms with E-state index in [9.17, 15) is 0 Å². The molecule has 0 saturated heterocycles. The molecule has 2 aliphatic carbocycles. The molecule has 2 aliphatic rings. The van der Waals surface area contributed by atoms with Crippen molar-refractivity contribution in [2.45, 2.75) is 59.4 Å². The molecule has 0 spiro atoms. The normalized spacial score (nSPS) is 36.0. The lowest BCUT2D eigenvalue weighted by Gasteiger charge is -2.43. The number of thiazole rings is 1. The minimum absolute atomic E-state index is 0.464. The minimum Gasteiger partial charge on any atom is -0.312 e. The third kappa shape index (κ3) is 2.25. The number of hydrogen-bond donors (Lipinski definition) is 1. The highest BCUT2D eigenvalue weighted by Crippen LogP contribution is 2.62. The van der Waals surface area contributed by atoms with Gasteiger partial charge in [0.1, 0.15) is 0 Å². The Balaban J connectivity index is 1.60. The smallest absolute Gasteiger partial charge is 0.0940 e. The second-order valence-corrected chi connectivity index (χ2v) is 8.38. The molecule has 3 rings (SSSR count). The minimum atomic E-state index is 0.464. The molecule has 0 radical (unpaired) electrons. The maximum atomic E-state index is 4.55. The van der Waals surface area contributed by atoms with Crippen LogP contribution in [0.5, 0.6) is 0 Å². The Kier molecular flexibility index (Phi) is 3.25. The van der Waals surface area contributed by atoms with Crippen LogP contribution in [0.15, 0.2) is 5.38 Å². The summed E-state index contributed by atoms with van der Waals surface area (Å²) in [6, 6.07) is 0.680. The Bertz CT molecular complexity index is 460. The quantitative estimate of drug-likeness (QED) is 0.906. The van der Waals surface area contributed by atoms with E-state index in [4.69, 9.17) is 0 Å². The van der Waals surface area contributed by atoms with Crippen LogP contribution in [0.25, 0.3) is 0 Å². The van der Waals surface area contributed by atoms with Gasteiger partial charge in [0.05, 0.1) is 5.01 Å². The van der Waals surface area contributed by atoms with Gasteiger partial charge in [-0.25, -0.2) is 4.98 Å². The van der Waals surface area contributed by atoms with Crippen LogP contribution >= 0.6 is 11.3 Å². The van der Waals surface area contributed by atoms with E-state index in [-0.39, 0.29) is 0 Å². The van der Waals surface area contributed by atoms with Gasteiger partial charge in [-0.2, -0.15) is 0 Å². The van der Waals surface area contributed by atoms with Crippen molar-refractivity contribution in [2.75, 3.05) is 6.54 Å². The molecule has 2 fully saturated rings. The number of nitrogens with one attached hydrogen (secondary N) is 1. The summed E-state index contributed by atoms with van der Waals surface area (Å²) in [5.74, 6) is 0.928. The van der Waals surface area contributed by atoms with Gasteiger partial charge in [0.2, 0.25) is 0 Å². The van der Waals surface area contributed by atoms with E-state index < -0.39 is 0 Å². The van der Waals surface area contributed by atoms with E-state index in [2.05, 4.69) is 43.4 Å². The number of fused-ring (bicyclic) bond motifs is 2. The zero-order chi connectivity index (χ0) is 13.7. The third-order valence-electron chi connectivity index (χ3n) is 5.62. The van der Waals surface area contributed by atoms with Gasteiger partial charge in [-0.1, -0.05) is 20.8 Å².